The Morgan fingerprint density at radius 2 is 1.95 bits per heavy atom. The van der Waals surface area contributed by atoms with Gasteiger partial charge in [-0.1, -0.05) is 6.42 Å². The van der Waals surface area contributed by atoms with Gasteiger partial charge in [-0.25, -0.2) is 0 Å². The van der Waals surface area contributed by atoms with Gasteiger partial charge in [0, 0.05) is 23.4 Å². The van der Waals surface area contributed by atoms with Crippen LogP contribution in [-0.2, 0) is 5.41 Å². The van der Waals surface area contributed by atoms with E-state index in [4.69, 9.17) is 15.2 Å². The zero-order valence-corrected chi connectivity index (χ0v) is 11.6. The first-order valence-electron chi connectivity index (χ1n) is 6.94. The summed E-state index contributed by atoms with van der Waals surface area (Å²) < 4.78 is 10.7. The van der Waals surface area contributed by atoms with Gasteiger partial charge in [0.05, 0.1) is 19.9 Å². The Balaban J connectivity index is 2.14. The lowest BCUT2D eigenvalue weighted by atomic mass is 9.64. The minimum atomic E-state index is 0.0234. The molecule has 3 rings (SSSR count). The largest absolute Gasteiger partial charge is 0.481 e. The van der Waals surface area contributed by atoms with E-state index in [2.05, 4.69) is 9.97 Å². The highest BCUT2D eigenvalue weighted by atomic mass is 16.5. The van der Waals surface area contributed by atoms with Crippen LogP contribution in [0.5, 0.6) is 11.9 Å². The monoisotopic (exact) mass is 263 g/mol. The maximum absolute atomic E-state index is 6.04. The fourth-order valence-corrected chi connectivity index (χ4v) is 2.99. The lowest BCUT2D eigenvalue weighted by molar-refractivity contribution is 0.235. The van der Waals surface area contributed by atoms with Crippen LogP contribution in [0.1, 0.15) is 49.3 Å². The fraction of sp³-hybridized carbons (Fsp3) is 0.714. The van der Waals surface area contributed by atoms with E-state index in [9.17, 15) is 0 Å². The zero-order chi connectivity index (χ0) is 13.5. The lowest BCUT2D eigenvalue weighted by Crippen LogP contribution is -2.43. The second-order valence-corrected chi connectivity index (χ2v) is 5.59. The van der Waals surface area contributed by atoms with E-state index in [0.29, 0.717) is 24.4 Å². The third-order valence-electron chi connectivity index (χ3n) is 4.45. The number of ether oxygens (including phenoxy) is 2. The van der Waals surface area contributed by atoms with Crippen molar-refractivity contribution in [1.82, 2.24) is 9.97 Å². The van der Waals surface area contributed by atoms with Crippen molar-refractivity contribution in [2.24, 2.45) is 5.73 Å². The number of aromatic nitrogens is 2. The average molecular weight is 263 g/mol. The van der Waals surface area contributed by atoms with Crippen molar-refractivity contribution < 1.29 is 9.47 Å². The molecule has 2 aliphatic rings. The van der Waals surface area contributed by atoms with Crippen LogP contribution in [-0.4, -0.2) is 30.7 Å². The highest BCUT2D eigenvalue weighted by Gasteiger charge is 2.45. The SMILES string of the molecule is COc1nc(OC)c(C2(CN)CCC2)c(C2CC2)n1. The molecule has 0 aromatic carbocycles. The summed E-state index contributed by atoms with van der Waals surface area (Å²) in [6.07, 6.45) is 5.81. The molecular weight excluding hydrogens is 242 g/mol. The molecule has 1 aromatic rings. The Hall–Kier alpha value is -1.36. The molecule has 5 heteroatoms. The van der Waals surface area contributed by atoms with Crippen LogP contribution in [0.15, 0.2) is 0 Å². The number of rotatable bonds is 5. The number of nitrogens with zero attached hydrogens (tertiary/aromatic N) is 2. The topological polar surface area (TPSA) is 70.3 Å². The molecule has 2 N–H and O–H groups in total. The number of nitrogens with two attached hydrogens (primary N) is 1. The summed E-state index contributed by atoms with van der Waals surface area (Å²) in [4.78, 5) is 8.95. The third-order valence-corrected chi connectivity index (χ3v) is 4.45. The molecule has 1 heterocycles. The molecular formula is C14H21N3O2. The van der Waals surface area contributed by atoms with Crippen molar-refractivity contribution in [1.29, 1.82) is 0 Å². The first kappa shape index (κ1) is 12.7. The molecule has 19 heavy (non-hydrogen) atoms. The second-order valence-electron chi connectivity index (χ2n) is 5.59. The summed E-state index contributed by atoms with van der Waals surface area (Å²) in [7, 11) is 3.25. The molecule has 2 aliphatic carbocycles. The normalized spacial score (nSPS) is 20.8. The zero-order valence-electron chi connectivity index (χ0n) is 11.6. The van der Waals surface area contributed by atoms with Crippen LogP contribution in [0.2, 0.25) is 0 Å². The molecule has 0 amide bonds. The first-order valence-corrected chi connectivity index (χ1v) is 6.94. The minimum absolute atomic E-state index is 0.0234. The van der Waals surface area contributed by atoms with Crippen LogP contribution in [0.4, 0.5) is 0 Å². The van der Waals surface area contributed by atoms with E-state index in [1.807, 2.05) is 0 Å². The van der Waals surface area contributed by atoms with Gasteiger partial charge in [-0.05, 0) is 25.7 Å². The van der Waals surface area contributed by atoms with Gasteiger partial charge < -0.3 is 15.2 Å². The maximum atomic E-state index is 6.04. The summed E-state index contributed by atoms with van der Waals surface area (Å²) in [5, 5.41) is 0. The van der Waals surface area contributed by atoms with Crippen molar-refractivity contribution >= 4 is 0 Å². The minimum Gasteiger partial charge on any atom is -0.481 e. The Bertz CT molecular complexity index is 476. The number of hydrogen-bond acceptors (Lipinski definition) is 5. The van der Waals surface area contributed by atoms with Crippen LogP contribution in [0.25, 0.3) is 0 Å². The van der Waals surface area contributed by atoms with Crippen molar-refractivity contribution in [3.8, 4) is 11.9 Å². The smallest absolute Gasteiger partial charge is 0.319 e. The Kier molecular flexibility index (Phi) is 3.09. The Morgan fingerprint density at radius 3 is 2.37 bits per heavy atom. The van der Waals surface area contributed by atoms with E-state index in [0.717, 1.165) is 24.1 Å². The summed E-state index contributed by atoms with van der Waals surface area (Å²) in [6.45, 7) is 0.638. The van der Waals surface area contributed by atoms with Gasteiger partial charge in [-0.3, -0.25) is 0 Å². The molecule has 0 unspecified atom stereocenters. The van der Waals surface area contributed by atoms with Crippen molar-refractivity contribution in [2.75, 3.05) is 20.8 Å². The summed E-state index contributed by atoms with van der Waals surface area (Å²) >= 11 is 0. The van der Waals surface area contributed by atoms with Gasteiger partial charge in [0.15, 0.2) is 0 Å². The predicted octanol–water partition coefficient (Wildman–Crippen LogP) is 1.75. The molecule has 0 spiro atoms. The van der Waals surface area contributed by atoms with Crippen molar-refractivity contribution in [3.63, 3.8) is 0 Å². The number of methoxy groups -OCH3 is 2. The molecule has 0 atom stereocenters. The van der Waals surface area contributed by atoms with E-state index in [-0.39, 0.29) is 5.41 Å². The molecule has 1 aromatic heterocycles. The van der Waals surface area contributed by atoms with Crippen LogP contribution >= 0.6 is 0 Å². The van der Waals surface area contributed by atoms with Gasteiger partial charge in [0.2, 0.25) is 5.88 Å². The van der Waals surface area contributed by atoms with Crippen LogP contribution < -0.4 is 15.2 Å². The van der Waals surface area contributed by atoms with Crippen molar-refractivity contribution in [3.05, 3.63) is 11.3 Å². The standard InChI is InChI=1S/C14H21N3O2/c1-18-12-10(14(8-15)6-3-7-14)11(9-4-5-9)16-13(17-12)19-2/h9H,3-8,15H2,1-2H3. The maximum Gasteiger partial charge on any atom is 0.319 e. The van der Waals surface area contributed by atoms with Crippen LogP contribution in [0, 0.1) is 0 Å². The summed E-state index contributed by atoms with van der Waals surface area (Å²) in [5.41, 5.74) is 8.32. The quantitative estimate of drug-likeness (QED) is 0.876. The average Bonchev–Trinajstić information content (AvgIpc) is 3.22. The van der Waals surface area contributed by atoms with E-state index >= 15 is 0 Å². The van der Waals surface area contributed by atoms with Gasteiger partial charge >= 0.3 is 6.01 Å². The molecule has 0 radical (unpaired) electrons. The third kappa shape index (κ3) is 1.96. The Labute approximate surface area is 113 Å². The van der Waals surface area contributed by atoms with Gasteiger partial charge in [0.25, 0.3) is 0 Å². The molecule has 2 fully saturated rings. The van der Waals surface area contributed by atoms with E-state index < -0.39 is 0 Å². The molecule has 104 valence electrons. The number of hydrogen-bond donors (Lipinski definition) is 1. The van der Waals surface area contributed by atoms with E-state index in [1.54, 1.807) is 14.2 Å². The highest BCUT2D eigenvalue weighted by Crippen LogP contribution is 2.52. The molecule has 2 saturated carbocycles. The van der Waals surface area contributed by atoms with Gasteiger partial charge in [-0.2, -0.15) is 9.97 Å². The molecule has 0 bridgehead atoms. The predicted molar refractivity (Wildman–Crippen MR) is 71.7 cm³/mol. The first-order chi connectivity index (χ1) is 9.24. The Morgan fingerprint density at radius 1 is 1.21 bits per heavy atom. The molecule has 0 saturated heterocycles. The van der Waals surface area contributed by atoms with E-state index in [1.165, 1.54) is 19.3 Å². The molecule has 5 nitrogen and oxygen atoms in total. The van der Waals surface area contributed by atoms with Crippen LogP contribution in [0.3, 0.4) is 0 Å². The van der Waals surface area contributed by atoms with Crippen molar-refractivity contribution in [2.45, 2.75) is 43.4 Å². The lowest BCUT2D eigenvalue weighted by Gasteiger charge is -2.42. The summed E-state index contributed by atoms with van der Waals surface area (Å²) in [6, 6.07) is 0.397. The second kappa shape index (κ2) is 4.63. The summed E-state index contributed by atoms with van der Waals surface area (Å²) in [5.74, 6) is 1.18. The van der Waals surface area contributed by atoms with Gasteiger partial charge in [0.1, 0.15) is 0 Å². The molecule has 0 aliphatic heterocycles. The van der Waals surface area contributed by atoms with Gasteiger partial charge in [-0.15, -0.1) is 0 Å². The fourth-order valence-electron chi connectivity index (χ4n) is 2.99. The highest BCUT2D eigenvalue weighted by molar-refractivity contribution is 5.44.